The molecule has 0 heterocycles. The first-order valence-electron chi connectivity index (χ1n) is 26.1. The van der Waals surface area contributed by atoms with Crippen LogP contribution in [0.3, 0.4) is 0 Å². The molecular formula is C68H47N. The van der Waals surface area contributed by atoms with Crippen molar-refractivity contribution >= 4 is 17.1 Å². The Morgan fingerprint density at radius 1 is 0.261 bits per heavy atom. The van der Waals surface area contributed by atoms with E-state index in [1.165, 1.54) is 44.5 Å². The zero-order valence-electron chi connectivity index (χ0n) is 42.7. The van der Waals surface area contributed by atoms with E-state index >= 15 is 0 Å². The molecule has 2 aliphatic rings. The molecule has 0 aromatic heterocycles. The lowest BCUT2D eigenvalue weighted by atomic mass is 9.67. The van der Waals surface area contributed by atoms with Gasteiger partial charge in [-0.3, -0.25) is 0 Å². The van der Waals surface area contributed by atoms with Crippen LogP contribution in [0.15, 0.2) is 285 Å². The van der Waals surface area contributed by atoms with E-state index in [-0.39, 0.29) is 17.8 Å². The highest BCUT2D eigenvalue weighted by molar-refractivity contribution is 5.91. The third-order valence-electron chi connectivity index (χ3n) is 14.5. The number of rotatable bonds is 9. The Morgan fingerprint density at radius 2 is 0.609 bits per heavy atom. The predicted molar refractivity (Wildman–Crippen MR) is 287 cm³/mol. The van der Waals surface area contributed by atoms with Crippen LogP contribution in [-0.4, -0.2) is 0 Å². The Hall–Kier alpha value is -8.78. The highest BCUT2D eigenvalue weighted by Crippen LogP contribution is 2.59. The molecule has 2 aliphatic carbocycles. The number of fused-ring (bicyclic) bond motifs is 6. The van der Waals surface area contributed by atoms with Gasteiger partial charge < -0.3 is 4.90 Å². The highest BCUT2D eigenvalue weighted by Gasteiger charge is 2.48. The summed E-state index contributed by atoms with van der Waals surface area (Å²) in [6.45, 7) is 0. The lowest BCUT2D eigenvalue weighted by Crippen LogP contribution is -2.29. The van der Waals surface area contributed by atoms with E-state index in [4.69, 9.17) is 4.11 Å². The molecule has 0 saturated carbocycles. The molecule has 1 heteroatoms. The molecule has 13 rings (SSSR count). The molecule has 0 fully saturated rings. The molecular weight excluding hydrogens is 831 g/mol. The van der Waals surface area contributed by atoms with Gasteiger partial charge in [0.15, 0.2) is 0 Å². The smallest absolute Gasteiger partial charge is 0.0713 e. The third-order valence-corrected chi connectivity index (χ3v) is 14.5. The molecule has 2 atom stereocenters. The molecule has 324 valence electrons. The Labute approximate surface area is 412 Å². The second kappa shape index (κ2) is 16.5. The molecule has 2 unspecified atom stereocenters. The largest absolute Gasteiger partial charge is 0.311 e. The van der Waals surface area contributed by atoms with Crippen molar-refractivity contribution in [1.29, 1.82) is 0 Å². The standard InChI is InChI=1S/C68H47N/c1-6-20-48(21-7-1)50-34-44-61-59-30-16-18-32-63(59)67(65(61)46-50,52-24-10-3-11-25-52)54-36-40-57(41-37-54)69(56-28-14-5-15-29-56)58-42-38-55(39-43-58)68(53-26-12-4-13-27-53)64-33-19-17-31-60(64)62-45-35-51(47-66(62)68)49-22-8-2-9-23-49/h1-47H/i5D,14D,15D,28D,29D. The summed E-state index contributed by atoms with van der Waals surface area (Å²) in [5, 5.41) is 0. The molecule has 0 N–H and O–H groups in total. The van der Waals surface area contributed by atoms with Crippen LogP contribution in [0, 0.1) is 0 Å². The van der Waals surface area contributed by atoms with Crippen LogP contribution < -0.4 is 4.90 Å². The van der Waals surface area contributed by atoms with E-state index in [0.717, 1.165) is 44.5 Å². The van der Waals surface area contributed by atoms with Gasteiger partial charge in [-0.1, -0.05) is 237 Å². The first-order chi connectivity index (χ1) is 36.3. The van der Waals surface area contributed by atoms with Crippen LogP contribution in [0.5, 0.6) is 0 Å². The third kappa shape index (κ3) is 6.32. The van der Waals surface area contributed by atoms with Gasteiger partial charge in [-0.2, -0.15) is 0 Å². The summed E-state index contributed by atoms with van der Waals surface area (Å²) < 4.78 is 45.2. The fraction of sp³-hybridized carbons (Fsp3) is 0.0294. The fourth-order valence-corrected chi connectivity index (χ4v) is 11.6. The number of hydrogen-bond acceptors (Lipinski definition) is 1. The summed E-state index contributed by atoms with van der Waals surface area (Å²) in [6.07, 6.45) is 0. The van der Waals surface area contributed by atoms with Gasteiger partial charge in [0.1, 0.15) is 0 Å². The van der Waals surface area contributed by atoms with Crippen molar-refractivity contribution in [3.8, 4) is 44.5 Å². The van der Waals surface area contributed by atoms with Gasteiger partial charge in [-0.25, -0.2) is 0 Å². The van der Waals surface area contributed by atoms with Crippen LogP contribution in [0.4, 0.5) is 17.1 Å². The maximum absolute atomic E-state index is 9.40. The summed E-state index contributed by atoms with van der Waals surface area (Å²) in [4.78, 5) is 1.83. The van der Waals surface area contributed by atoms with Crippen LogP contribution in [0.2, 0.25) is 0 Å². The van der Waals surface area contributed by atoms with Crippen molar-refractivity contribution in [2.75, 3.05) is 4.90 Å². The fourth-order valence-electron chi connectivity index (χ4n) is 11.6. The molecule has 0 spiro atoms. The number of anilines is 3. The predicted octanol–water partition coefficient (Wildman–Crippen LogP) is 17.2. The quantitative estimate of drug-likeness (QED) is 0.140. The number of para-hydroxylation sites is 1. The number of hydrogen-bond donors (Lipinski definition) is 0. The minimum atomic E-state index is -0.709. The maximum atomic E-state index is 9.40. The monoisotopic (exact) mass is 882 g/mol. The lowest BCUT2D eigenvalue weighted by Gasteiger charge is -2.35. The topological polar surface area (TPSA) is 3.24 Å². The number of benzene rings is 11. The van der Waals surface area contributed by atoms with E-state index in [1.54, 1.807) is 0 Å². The molecule has 0 bridgehead atoms. The van der Waals surface area contributed by atoms with Crippen molar-refractivity contribution in [2.24, 2.45) is 0 Å². The summed E-state index contributed by atoms with van der Waals surface area (Å²) in [5.41, 5.74) is 18.2. The van der Waals surface area contributed by atoms with Gasteiger partial charge in [0.2, 0.25) is 0 Å². The molecule has 1 nitrogen and oxygen atoms in total. The van der Waals surface area contributed by atoms with Crippen molar-refractivity contribution in [3.05, 3.63) is 330 Å². The van der Waals surface area contributed by atoms with Gasteiger partial charge in [0.25, 0.3) is 0 Å². The first kappa shape index (κ1) is 35.4. The van der Waals surface area contributed by atoms with Crippen molar-refractivity contribution < 1.29 is 6.85 Å². The summed E-state index contributed by atoms with van der Waals surface area (Å²) in [5.74, 6) is 0. The van der Waals surface area contributed by atoms with E-state index in [2.05, 4.69) is 218 Å². The SMILES string of the molecule is [2H]c1c([2H])c([2H])c(N(c2ccc(C3(c4ccccc4)c4ccccc4-c4ccc(-c5ccccc5)cc43)cc2)c2ccc(C3(c4ccccc4)c4ccccc4-c4ccc(-c5ccccc5)cc43)cc2)c([2H])c1[2H]. The van der Waals surface area contributed by atoms with Crippen LogP contribution in [0.1, 0.15) is 51.4 Å². The molecule has 0 aliphatic heterocycles. The molecule has 0 radical (unpaired) electrons. The van der Waals surface area contributed by atoms with Gasteiger partial charge in [0, 0.05) is 17.1 Å². The van der Waals surface area contributed by atoms with Gasteiger partial charge in [-0.05, 0) is 137 Å². The van der Waals surface area contributed by atoms with Crippen molar-refractivity contribution in [2.45, 2.75) is 10.8 Å². The zero-order valence-corrected chi connectivity index (χ0v) is 37.7. The summed E-state index contributed by atoms with van der Waals surface area (Å²) >= 11 is 0. The molecule has 0 saturated heterocycles. The Kier molecular flexibility index (Phi) is 8.48. The average molecular weight is 883 g/mol. The first-order valence-corrected chi connectivity index (χ1v) is 23.6. The van der Waals surface area contributed by atoms with Gasteiger partial charge >= 0.3 is 0 Å². The Balaban J connectivity index is 1.01. The Morgan fingerprint density at radius 3 is 1.03 bits per heavy atom. The Bertz CT molecular complexity index is 3680. The lowest BCUT2D eigenvalue weighted by molar-refractivity contribution is 0.768. The second-order valence-corrected chi connectivity index (χ2v) is 18.0. The van der Waals surface area contributed by atoms with E-state index in [0.29, 0.717) is 11.4 Å². The van der Waals surface area contributed by atoms with E-state index < -0.39 is 29.0 Å². The maximum Gasteiger partial charge on any atom is 0.0713 e. The molecule has 0 amide bonds. The second-order valence-electron chi connectivity index (χ2n) is 18.0. The molecule has 11 aromatic rings. The van der Waals surface area contributed by atoms with Gasteiger partial charge in [-0.15, -0.1) is 0 Å². The minimum Gasteiger partial charge on any atom is -0.311 e. The highest BCUT2D eigenvalue weighted by atomic mass is 15.1. The summed E-state index contributed by atoms with van der Waals surface area (Å²) in [6, 6.07) is 88.3. The molecule has 11 aromatic carbocycles. The van der Waals surface area contributed by atoms with Gasteiger partial charge in [0.05, 0.1) is 17.7 Å². The van der Waals surface area contributed by atoms with Crippen LogP contribution in [0.25, 0.3) is 44.5 Å². The minimum absolute atomic E-state index is 0.0696. The van der Waals surface area contributed by atoms with Crippen LogP contribution in [-0.2, 0) is 10.8 Å². The van der Waals surface area contributed by atoms with E-state index in [1.807, 2.05) is 41.3 Å². The zero-order chi connectivity index (χ0) is 50.1. The van der Waals surface area contributed by atoms with Crippen LogP contribution >= 0.6 is 0 Å². The number of nitrogens with zero attached hydrogens (tertiary/aromatic N) is 1. The average Bonchev–Trinajstić information content (AvgIpc) is 3.94. The molecule has 69 heavy (non-hydrogen) atoms. The normalized spacial score (nSPS) is 17.2. The van der Waals surface area contributed by atoms with Crippen molar-refractivity contribution in [1.82, 2.24) is 0 Å². The van der Waals surface area contributed by atoms with Crippen molar-refractivity contribution in [3.63, 3.8) is 0 Å². The summed E-state index contributed by atoms with van der Waals surface area (Å²) in [7, 11) is 0. The van der Waals surface area contributed by atoms with E-state index in [9.17, 15) is 2.74 Å².